The van der Waals surface area contributed by atoms with Crippen molar-refractivity contribution in [3.8, 4) is 11.5 Å². The van der Waals surface area contributed by atoms with E-state index in [1.807, 2.05) is 37.4 Å². The van der Waals surface area contributed by atoms with Crippen LogP contribution in [0.15, 0.2) is 75.1 Å². The van der Waals surface area contributed by atoms with E-state index < -0.39 is 11.1 Å². The largest absolute Gasteiger partial charge is 0.457 e. The lowest BCUT2D eigenvalue weighted by Crippen LogP contribution is -2.28. The monoisotopic (exact) mass is 448 g/mol. The lowest BCUT2D eigenvalue weighted by atomic mass is 10.2. The summed E-state index contributed by atoms with van der Waals surface area (Å²) >= 11 is 1.60. The maximum Gasteiger partial charge on any atom is 0.323 e. The third kappa shape index (κ3) is 4.84. The van der Waals surface area contributed by atoms with E-state index in [2.05, 4.69) is 20.6 Å². The van der Waals surface area contributed by atoms with Crippen molar-refractivity contribution < 1.29 is 9.53 Å². The standard InChI is InChI=1S/C23H20N4O4S/c1-13-10-15(31-16-7-9-19-20(12-16)26-22(29)21(28)25-19)6-8-18(13)27-23(30)24-14-4-3-5-17(11-14)32-2/h3-12H,1-2H3,(H,25,28)(H,26,29)(H2,24,27,30). The fourth-order valence-corrected chi connectivity index (χ4v) is 3.58. The second-order valence-electron chi connectivity index (χ2n) is 7.01. The third-order valence-electron chi connectivity index (χ3n) is 4.70. The Morgan fingerprint density at radius 1 is 0.875 bits per heavy atom. The van der Waals surface area contributed by atoms with E-state index in [4.69, 9.17) is 4.74 Å². The molecule has 0 aliphatic heterocycles. The van der Waals surface area contributed by atoms with E-state index in [1.165, 1.54) is 0 Å². The number of fused-ring (bicyclic) bond motifs is 1. The number of nitrogens with one attached hydrogen (secondary N) is 4. The first-order valence-electron chi connectivity index (χ1n) is 9.68. The fraction of sp³-hybridized carbons (Fsp3) is 0.0870. The number of aromatic amines is 2. The molecule has 32 heavy (non-hydrogen) atoms. The topological polar surface area (TPSA) is 116 Å². The van der Waals surface area contributed by atoms with Crippen LogP contribution >= 0.6 is 11.8 Å². The first kappa shape index (κ1) is 21.3. The molecular weight excluding hydrogens is 428 g/mol. The predicted octanol–water partition coefficient (Wildman–Crippen LogP) is 4.68. The summed E-state index contributed by atoms with van der Waals surface area (Å²) in [4.78, 5) is 41.4. The van der Waals surface area contributed by atoms with Gasteiger partial charge in [-0.2, -0.15) is 0 Å². The fourth-order valence-electron chi connectivity index (χ4n) is 3.12. The number of H-pyrrole nitrogens is 2. The molecule has 0 atom stereocenters. The van der Waals surface area contributed by atoms with Gasteiger partial charge in [-0.1, -0.05) is 6.07 Å². The summed E-state index contributed by atoms with van der Waals surface area (Å²) in [6.45, 7) is 1.86. The first-order chi connectivity index (χ1) is 15.4. The van der Waals surface area contributed by atoms with Gasteiger partial charge in [-0.05, 0) is 67.3 Å². The number of carbonyl (C=O) groups is 1. The summed E-state index contributed by atoms with van der Waals surface area (Å²) in [7, 11) is 0. The number of anilines is 2. The Hall–Kier alpha value is -3.98. The van der Waals surface area contributed by atoms with E-state index in [-0.39, 0.29) is 6.03 Å². The molecule has 4 rings (SSSR count). The van der Waals surface area contributed by atoms with Crippen LogP contribution in [0.1, 0.15) is 5.56 Å². The quantitative estimate of drug-likeness (QED) is 0.261. The summed E-state index contributed by atoms with van der Waals surface area (Å²) in [6, 6.07) is 17.5. The highest BCUT2D eigenvalue weighted by Gasteiger charge is 2.08. The molecule has 0 saturated carbocycles. The smallest absolute Gasteiger partial charge is 0.323 e. The van der Waals surface area contributed by atoms with Gasteiger partial charge in [0.05, 0.1) is 11.0 Å². The molecular formula is C23H20N4O4S. The minimum absolute atomic E-state index is 0.340. The van der Waals surface area contributed by atoms with Gasteiger partial charge in [-0.25, -0.2) is 4.79 Å². The molecule has 162 valence electrons. The highest BCUT2D eigenvalue weighted by Crippen LogP contribution is 2.27. The van der Waals surface area contributed by atoms with Crippen molar-refractivity contribution >= 4 is 40.2 Å². The van der Waals surface area contributed by atoms with Gasteiger partial charge >= 0.3 is 17.1 Å². The highest BCUT2D eigenvalue weighted by atomic mass is 32.2. The summed E-state index contributed by atoms with van der Waals surface area (Å²) < 4.78 is 5.87. The molecule has 0 fully saturated rings. The molecule has 0 aliphatic rings. The molecule has 8 nitrogen and oxygen atoms in total. The molecule has 4 N–H and O–H groups in total. The molecule has 0 saturated heterocycles. The van der Waals surface area contributed by atoms with Crippen molar-refractivity contribution in [3.63, 3.8) is 0 Å². The Morgan fingerprint density at radius 2 is 1.59 bits per heavy atom. The zero-order chi connectivity index (χ0) is 22.7. The van der Waals surface area contributed by atoms with Crippen LogP contribution in [0.5, 0.6) is 11.5 Å². The van der Waals surface area contributed by atoms with Crippen LogP contribution in [0, 0.1) is 6.92 Å². The Kier molecular flexibility index (Phi) is 6.00. The first-order valence-corrected chi connectivity index (χ1v) is 10.9. The van der Waals surface area contributed by atoms with Gasteiger partial charge in [0.25, 0.3) is 0 Å². The van der Waals surface area contributed by atoms with Gasteiger partial charge in [0, 0.05) is 22.3 Å². The van der Waals surface area contributed by atoms with E-state index in [9.17, 15) is 14.4 Å². The number of hydrogen-bond acceptors (Lipinski definition) is 5. The average molecular weight is 449 g/mol. The lowest BCUT2D eigenvalue weighted by Gasteiger charge is -2.12. The lowest BCUT2D eigenvalue weighted by molar-refractivity contribution is 0.262. The predicted molar refractivity (Wildman–Crippen MR) is 127 cm³/mol. The molecule has 1 aromatic heterocycles. The maximum atomic E-state index is 12.4. The number of aromatic nitrogens is 2. The van der Waals surface area contributed by atoms with Crippen LogP contribution in [0.25, 0.3) is 11.0 Å². The number of ether oxygens (including phenoxy) is 1. The van der Waals surface area contributed by atoms with Crippen LogP contribution in [0.3, 0.4) is 0 Å². The van der Waals surface area contributed by atoms with Crippen molar-refractivity contribution in [1.82, 2.24) is 9.97 Å². The number of hydrogen-bond donors (Lipinski definition) is 4. The second kappa shape index (κ2) is 9.03. The molecule has 4 aromatic rings. The number of benzene rings is 3. The molecule has 1 heterocycles. The van der Waals surface area contributed by atoms with Crippen LogP contribution in [-0.2, 0) is 0 Å². The molecule has 0 radical (unpaired) electrons. The minimum atomic E-state index is -0.723. The second-order valence-corrected chi connectivity index (χ2v) is 7.89. The summed E-state index contributed by atoms with van der Waals surface area (Å²) in [5.74, 6) is 1.05. The van der Waals surface area contributed by atoms with Crippen molar-refractivity contribution in [2.45, 2.75) is 11.8 Å². The normalized spacial score (nSPS) is 10.7. The van der Waals surface area contributed by atoms with Gasteiger partial charge in [0.15, 0.2) is 0 Å². The molecule has 0 spiro atoms. The summed E-state index contributed by atoms with van der Waals surface area (Å²) in [5, 5.41) is 5.66. The molecule has 2 amide bonds. The Labute approximate surface area is 187 Å². The Bertz CT molecular complexity index is 1430. The van der Waals surface area contributed by atoms with Gasteiger partial charge in [-0.15, -0.1) is 11.8 Å². The van der Waals surface area contributed by atoms with Gasteiger partial charge in [0.2, 0.25) is 0 Å². The van der Waals surface area contributed by atoms with Crippen LogP contribution in [0.2, 0.25) is 0 Å². The van der Waals surface area contributed by atoms with Crippen molar-refractivity contribution in [2.75, 3.05) is 16.9 Å². The number of thioether (sulfide) groups is 1. The van der Waals surface area contributed by atoms with Crippen molar-refractivity contribution in [1.29, 1.82) is 0 Å². The molecule has 9 heteroatoms. The third-order valence-corrected chi connectivity index (χ3v) is 5.43. The molecule has 0 unspecified atom stereocenters. The minimum Gasteiger partial charge on any atom is -0.457 e. The zero-order valence-corrected chi connectivity index (χ0v) is 18.1. The molecule has 0 aliphatic carbocycles. The number of amides is 2. The van der Waals surface area contributed by atoms with E-state index in [0.29, 0.717) is 33.9 Å². The van der Waals surface area contributed by atoms with Crippen molar-refractivity contribution in [2.24, 2.45) is 0 Å². The maximum absolute atomic E-state index is 12.4. The van der Waals surface area contributed by atoms with Gasteiger partial charge < -0.3 is 25.3 Å². The summed E-state index contributed by atoms with van der Waals surface area (Å²) in [6.07, 6.45) is 1.98. The van der Waals surface area contributed by atoms with Gasteiger partial charge in [0.1, 0.15) is 11.5 Å². The zero-order valence-electron chi connectivity index (χ0n) is 17.3. The Balaban J connectivity index is 1.46. The van der Waals surface area contributed by atoms with Crippen LogP contribution in [-0.4, -0.2) is 22.3 Å². The Morgan fingerprint density at radius 3 is 2.34 bits per heavy atom. The van der Waals surface area contributed by atoms with E-state index in [1.54, 1.807) is 48.2 Å². The highest BCUT2D eigenvalue weighted by molar-refractivity contribution is 7.98. The van der Waals surface area contributed by atoms with Crippen LogP contribution < -0.4 is 26.5 Å². The number of urea groups is 1. The van der Waals surface area contributed by atoms with Crippen molar-refractivity contribution in [3.05, 3.63) is 86.9 Å². The molecule has 3 aromatic carbocycles. The number of rotatable bonds is 5. The number of carbonyl (C=O) groups excluding carboxylic acids is 1. The average Bonchev–Trinajstić information content (AvgIpc) is 2.77. The van der Waals surface area contributed by atoms with Gasteiger partial charge in [-0.3, -0.25) is 9.59 Å². The van der Waals surface area contributed by atoms with Crippen LogP contribution in [0.4, 0.5) is 16.2 Å². The summed E-state index contributed by atoms with van der Waals surface area (Å²) in [5.41, 5.74) is 1.72. The number of aryl methyl sites for hydroxylation is 1. The van der Waals surface area contributed by atoms with E-state index in [0.717, 1.165) is 10.5 Å². The van der Waals surface area contributed by atoms with E-state index >= 15 is 0 Å². The SMILES string of the molecule is CSc1cccc(NC(=O)Nc2ccc(Oc3ccc4[nH]c(=O)c(=O)[nH]c4c3)cc2C)c1. The molecule has 0 bridgehead atoms.